The second kappa shape index (κ2) is 5.63. The first-order valence-electron chi connectivity index (χ1n) is 7.20. The molecule has 0 aromatic carbocycles. The number of carbonyl (C=O) groups excluding carboxylic acids is 3. The summed E-state index contributed by atoms with van der Waals surface area (Å²) in [5, 5.41) is 2.66. The largest absolute Gasteiger partial charge is 0.469 e. The Balaban J connectivity index is 1.89. The minimum atomic E-state index is -0.829. The van der Waals surface area contributed by atoms with Gasteiger partial charge in [-0.25, -0.2) is 4.79 Å². The Labute approximate surface area is 124 Å². The van der Waals surface area contributed by atoms with Crippen LogP contribution in [-0.2, 0) is 14.3 Å². The fourth-order valence-electron chi connectivity index (χ4n) is 2.97. The number of ether oxygens (including phenoxy) is 1. The number of likely N-dealkylation sites (tertiary alicyclic amines) is 1. The molecular weight excluding hydrogens is 274 g/mol. The third kappa shape index (κ3) is 3.02. The molecule has 0 bridgehead atoms. The van der Waals surface area contributed by atoms with Crippen LogP contribution in [0.15, 0.2) is 0 Å². The minimum absolute atomic E-state index is 0.130. The highest BCUT2D eigenvalue weighted by Gasteiger charge is 2.44. The number of nitrogens with zero attached hydrogens (tertiary/aromatic N) is 2. The Kier molecular flexibility index (Phi) is 4.22. The summed E-state index contributed by atoms with van der Waals surface area (Å²) in [4.78, 5) is 38.8. The molecule has 118 valence electrons. The Morgan fingerprint density at radius 2 is 2.00 bits per heavy atom. The van der Waals surface area contributed by atoms with E-state index in [4.69, 9.17) is 4.74 Å². The molecule has 2 saturated heterocycles. The summed E-state index contributed by atoms with van der Waals surface area (Å²) in [6, 6.07) is -0.346. The average molecular weight is 297 g/mol. The maximum Gasteiger partial charge on any atom is 0.325 e. The molecule has 2 aliphatic heterocycles. The van der Waals surface area contributed by atoms with Crippen molar-refractivity contribution in [2.24, 2.45) is 11.8 Å². The zero-order valence-corrected chi connectivity index (χ0v) is 13.0. The van der Waals surface area contributed by atoms with Crippen molar-refractivity contribution in [2.75, 3.05) is 33.3 Å². The summed E-state index contributed by atoms with van der Waals surface area (Å²) in [5.41, 5.74) is -0.829. The van der Waals surface area contributed by atoms with E-state index in [9.17, 15) is 14.4 Å². The Morgan fingerprint density at radius 1 is 1.33 bits per heavy atom. The van der Waals surface area contributed by atoms with Crippen LogP contribution in [0.3, 0.4) is 0 Å². The molecule has 2 fully saturated rings. The number of amides is 3. The highest BCUT2D eigenvalue weighted by Crippen LogP contribution is 2.24. The van der Waals surface area contributed by atoms with Crippen LogP contribution in [0.5, 0.6) is 0 Å². The molecule has 2 heterocycles. The quantitative estimate of drug-likeness (QED) is 0.586. The van der Waals surface area contributed by atoms with Crippen LogP contribution in [-0.4, -0.2) is 66.5 Å². The highest BCUT2D eigenvalue weighted by molar-refractivity contribution is 6.06. The maximum absolute atomic E-state index is 12.1. The number of nitrogens with one attached hydrogen (secondary N) is 1. The number of hydrogen-bond donors (Lipinski definition) is 1. The van der Waals surface area contributed by atoms with Gasteiger partial charge in [-0.3, -0.25) is 14.5 Å². The maximum atomic E-state index is 12.1. The van der Waals surface area contributed by atoms with E-state index in [-0.39, 0.29) is 29.7 Å². The van der Waals surface area contributed by atoms with Gasteiger partial charge in [0, 0.05) is 26.2 Å². The van der Waals surface area contributed by atoms with E-state index in [1.54, 1.807) is 13.8 Å². The van der Waals surface area contributed by atoms with Gasteiger partial charge in [-0.05, 0) is 19.8 Å². The predicted octanol–water partition coefficient (Wildman–Crippen LogP) is 0.0577. The first-order chi connectivity index (χ1) is 9.76. The van der Waals surface area contributed by atoms with Gasteiger partial charge in [-0.15, -0.1) is 0 Å². The Morgan fingerprint density at radius 3 is 2.52 bits per heavy atom. The lowest BCUT2D eigenvalue weighted by molar-refractivity contribution is -0.146. The van der Waals surface area contributed by atoms with E-state index in [2.05, 4.69) is 10.2 Å². The molecule has 3 amide bonds. The van der Waals surface area contributed by atoms with Crippen LogP contribution in [0.4, 0.5) is 4.79 Å². The molecule has 7 heteroatoms. The van der Waals surface area contributed by atoms with Crippen molar-refractivity contribution < 1.29 is 19.1 Å². The Bertz CT molecular complexity index is 463. The summed E-state index contributed by atoms with van der Waals surface area (Å²) >= 11 is 0. The van der Waals surface area contributed by atoms with Crippen LogP contribution in [0.25, 0.3) is 0 Å². The lowest BCUT2D eigenvalue weighted by atomic mass is 9.99. The summed E-state index contributed by atoms with van der Waals surface area (Å²) in [6.45, 7) is 7.70. The normalized spacial score (nSPS) is 28.9. The minimum Gasteiger partial charge on any atom is -0.469 e. The van der Waals surface area contributed by atoms with Crippen molar-refractivity contribution in [1.82, 2.24) is 15.1 Å². The van der Waals surface area contributed by atoms with Crippen molar-refractivity contribution >= 4 is 17.9 Å². The molecule has 2 rings (SSSR count). The lowest BCUT2D eigenvalue weighted by Crippen LogP contribution is -2.41. The van der Waals surface area contributed by atoms with Crippen molar-refractivity contribution in [3.05, 3.63) is 0 Å². The summed E-state index contributed by atoms with van der Waals surface area (Å²) in [6.07, 6.45) is 0. The smallest absolute Gasteiger partial charge is 0.325 e. The van der Waals surface area contributed by atoms with Crippen molar-refractivity contribution in [1.29, 1.82) is 0 Å². The fraction of sp³-hybridized carbons (Fsp3) is 0.786. The highest BCUT2D eigenvalue weighted by atomic mass is 16.5. The number of carbonyl (C=O) groups is 3. The fourth-order valence-corrected chi connectivity index (χ4v) is 2.97. The van der Waals surface area contributed by atoms with Crippen molar-refractivity contribution in [3.8, 4) is 0 Å². The molecule has 2 atom stereocenters. The molecule has 0 spiro atoms. The zero-order valence-electron chi connectivity index (χ0n) is 13.0. The van der Waals surface area contributed by atoms with Crippen molar-refractivity contribution in [2.45, 2.75) is 26.3 Å². The molecule has 0 aromatic heterocycles. The first kappa shape index (κ1) is 15.8. The second-order valence-electron chi connectivity index (χ2n) is 6.38. The standard InChI is InChI=1S/C14H23N3O4/c1-9-7-16(8-10(9)11(18)21-4)5-6-17-12(19)14(2,3)15-13(17)20/h9-10H,5-8H2,1-4H3,(H,15,20). The van der Waals surface area contributed by atoms with E-state index in [0.29, 0.717) is 19.6 Å². The number of methoxy groups -OCH3 is 1. The number of urea groups is 1. The second-order valence-corrected chi connectivity index (χ2v) is 6.38. The molecule has 0 aromatic rings. The topological polar surface area (TPSA) is 79.0 Å². The molecular formula is C14H23N3O4. The average Bonchev–Trinajstić information content (AvgIpc) is 2.86. The Hall–Kier alpha value is -1.63. The van der Waals surface area contributed by atoms with Gasteiger partial charge in [-0.2, -0.15) is 0 Å². The van der Waals surface area contributed by atoms with E-state index < -0.39 is 5.54 Å². The third-order valence-electron chi connectivity index (χ3n) is 4.28. The molecule has 1 N–H and O–H groups in total. The van der Waals surface area contributed by atoms with Crippen LogP contribution < -0.4 is 5.32 Å². The van der Waals surface area contributed by atoms with Crippen LogP contribution in [0, 0.1) is 11.8 Å². The van der Waals surface area contributed by atoms with E-state index >= 15 is 0 Å². The van der Waals surface area contributed by atoms with Gasteiger partial charge in [0.15, 0.2) is 0 Å². The SMILES string of the molecule is COC(=O)C1CN(CCN2C(=O)NC(C)(C)C2=O)CC1C. The van der Waals surface area contributed by atoms with Crippen molar-refractivity contribution in [3.63, 3.8) is 0 Å². The van der Waals surface area contributed by atoms with Gasteiger partial charge in [0.05, 0.1) is 13.0 Å². The number of hydrogen-bond acceptors (Lipinski definition) is 5. The van der Waals surface area contributed by atoms with Gasteiger partial charge in [0.1, 0.15) is 5.54 Å². The molecule has 0 aliphatic carbocycles. The lowest BCUT2D eigenvalue weighted by Gasteiger charge is -2.20. The number of imide groups is 1. The van der Waals surface area contributed by atoms with Gasteiger partial charge >= 0.3 is 12.0 Å². The molecule has 2 aliphatic rings. The van der Waals surface area contributed by atoms with Gasteiger partial charge < -0.3 is 15.0 Å². The molecule has 2 unspecified atom stereocenters. The van der Waals surface area contributed by atoms with E-state index in [1.165, 1.54) is 12.0 Å². The summed E-state index contributed by atoms with van der Waals surface area (Å²) < 4.78 is 4.80. The molecule has 7 nitrogen and oxygen atoms in total. The molecule has 0 saturated carbocycles. The van der Waals surface area contributed by atoms with Gasteiger partial charge in [0.25, 0.3) is 5.91 Å². The van der Waals surface area contributed by atoms with Crippen LogP contribution in [0.1, 0.15) is 20.8 Å². The predicted molar refractivity (Wildman–Crippen MR) is 75.4 cm³/mol. The molecule has 21 heavy (non-hydrogen) atoms. The first-order valence-corrected chi connectivity index (χ1v) is 7.20. The van der Waals surface area contributed by atoms with E-state index in [1.807, 2.05) is 6.92 Å². The summed E-state index contributed by atoms with van der Waals surface area (Å²) in [5.74, 6) is -0.308. The summed E-state index contributed by atoms with van der Waals surface area (Å²) in [7, 11) is 1.40. The number of esters is 1. The monoisotopic (exact) mass is 297 g/mol. The van der Waals surface area contributed by atoms with E-state index in [0.717, 1.165) is 6.54 Å². The third-order valence-corrected chi connectivity index (χ3v) is 4.28. The van der Waals surface area contributed by atoms with Crippen LogP contribution in [0.2, 0.25) is 0 Å². The van der Waals surface area contributed by atoms with Crippen LogP contribution >= 0.6 is 0 Å². The van der Waals surface area contributed by atoms with Gasteiger partial charge in [-0.1, -0.05) is 6.92 Å². The number of rotatable bonds is 4. The van der Waals surface area contributed by atoms with Gasteiger partial charge in [0.2, 0.25) is 0 Å². The molecule has 0 radical (unpaired) electrons. The zero-order chi connectivity index (χ0) is 15.8.